The van der Waals surface area contributed by atoms with Gasteiger partial charge in [-0.15, -0.1) is 0 Å². The molecule has 2 heterocycles. The number of benzene rings is 2. The van der Waals surface area contributed by atoms with Gasteiger partial charge in [-0.2, -0.15) is 0 Å². The van der Waals surface area contributed by atoms with E-state index in [1.54, 1.807) is 0 Å². The van der Waals surface area contributed by atoms with Crippen molar-refractivity contribution in [1.82, 2.24) is 5.32 Å². The first-order valence-corrected chi connectivity index (χ1v) is 8.98. The second kappa shape index (κ2) is 7.19. The molecule has 4 rings (SSSR count). The van der Waals surface area contributed by atoms with Crippen molar-refractivity contribution >= 4 is 28.7 Å². The fourth-order valence-electron chi connectivity index (χ4n) is 3.21. The SMILES string of the molecule is S=C(NCc1ccc2c(c1)OCO2)Nc1ccccc1N1CCCC1. The smallest absolute Gasteiger partial charge is 0.231 e. The van der Waals surface area contributed by atoms with Crippen LogP contribution in [0.15, 0.2) is 42.5 Å². The Labute approximate surface area is 152 Å². The van der Waals surface area contributed by atoms with Crippen LogP contribution < -0.4 is 25.0 Å². The fraction of sp³-hybridized carbons (Fsp3) is 0.316. The van der Waals surface area contributed by atoms with E-state index in [-0.39, 0.29) is 0 Å². The molecule has 0 bridgehead atoms. The zero-order valence-electron chi connectivity index (χ0n) is 14.0. The maximum Gasteiger partial charge on any atom is 0.231 e. The number of fused-ring (bicyclic) bond motifs is 1. The number of nitrogens with one attached hydrogen (secondary N) is 2. The third kappa shape index (κ3) is 3.64. The van der Waals surface area contributed by atoms with Crippen LogP contribution in [0.5, 0.6) is 11.5 Å². The van der Waals surface area contributed by atoms with Gasteiger partial charge in [0.05, 0.1) is 11.4 Å². The zero-order chi connectivity index (χ0) is 17.1. The topological polar surface area (TPSA) is 45.8 Å². The van der Waals surface area contributed by atoms with Crippen LogP contribution in [0.25, 0.3) is 0 Å². The number of ether oxygens (including phenoxy) is 2. The maximum absolute atomic E-state index is 5.47. The molecule has 0 atom stereocenters. The molecule has 0 saturated carbocycles. The second-order valence-electron chi connectivity index (χ2n) is 6.21. The molecule has 2 N–H and O–H groups in total. The summed E-state index contributed by atoms with van der Waals surface area (Å²) in [6.07, 6.45) is 2.50. The van der Waals surface area contributed by atoms with Gasteiger partial charge in [0.25, 0.3) is 0 Å². The summed E-state index contributed by atoms with van der Waals surface area (Å²) < 4.78 is 10.7. The van der Waals surface area contributed by atoms with E-state index in [2.05, 4.69) is 33.7 Å². The molecular weight excluding hydrogens is 334 g/mol. The van der Waals surface area contributed by atoms with Crippen LogP contribution in [0.4, 0.5) is 11.4 Å². The Morgan fingerprint density at radius 1 is 1.04 bits per heavy atom. The highest BCUT2D eigenvalue weighted by atomic mass is 32.1. The average Bonchev–Trinajstić information content (AvgIpc) is 3.31. The minimum absolute atomic E-state index is 0.291. The van der Waals surface area contributed by atoms with E-state index in [0.29, 0.717) is 18.5 Å². The Kier molecular flexibility index (Phi) is 4.61. The lowest BCUT2D eigenvalue weighted by atomic mass is 10.2. The lowest BCUT2D eigenvalue weighted by Crippen LogP contribution is -2.29. The van der Waals surface area contributed by atoms with Crippen molar-refractivity contribution in [2.45, 2.75) is 19.4 Å². The largest absolute Gasteiger partial charge is 0.454 e. The highest BCUT2D eigenvalue weighted by Gasteiger charge is 2.16. The van der Waals surface area contributed by atoms with Crippen LogP contribution in [-0.4, -0.2) is 25.0 Å². The van der Waals surface area contributed by atoms with Gasteiger partial charge in [-0.25, -0.2) is 0 Å². The second-order valence-corrected chi connectivity index (χ2v) is 6.61. The number of rotatable bonds is 4. The molecule has 6 heteroatoms. The van der Waals surface area contributed by atoms with Crippen LogP contribution >= 0.6 is 12.2 Å². The van der Waals surface area contributed by atoms with Gasteiger partial charge in [-0.05, 0) is 54.9 Å². The number of hydrogen-bond donors (Lipinski definition) is 2. The van der Waals surface area contributed by atoms with Gasteiger partial charge in [0, 0.05) is 19.6 Å². The molecule has 130 valence electrons. The van der Waals surface area contributed by atoms with Crippen molar-refractivity contribution in [3.05, 3.63) is 48.0 Å². The van der Waals surface area contributed by atoms with Crippen LogP contribution in [0, 0.1) is 0 Å². The molecule has 2 aromatic rings. The molecule has 0 unspecified atom stereocenters. The van der Waals surface area contributed by atoms with Gasteiger partial charge in [-0.3, -0.25) is 0 Å². The van der Waals surface area contributed by atoms with E-state index < -0.39 is 0 Å². The number of anilines is 2. The van der Waals surface area contributed by atoms with Crippen molar-refractivity contribution < 1.29 is 9.47 Å². The number of hydrogen-bond acceptors (Lipinski definition) is 4. The van der Waals surface area contributed by atoms with Crippen molar-refractivity contribution in [1.29, 1.82) is 0 Å². The van der Waals surface area contributed by atoms with Gasteiger partial charge in [-0.1, -0.05) is 18.2 Å². The van der Waals surface area contributed by atoms with Crippen molar-refractivity contribution in [3.63, 3.8) is 0 Å². The summed E-state index contributed by atoms with van der Waals surface area (Å²) in [7, 11) is 0. The summed E-state index contributed by atoms with van der Waals surface area (Å²) in [6, 6.07) is 14.2. The molecule has 0 amide bonds. The highest BCUT2D eigenvalue weighted by molar-refractivity contribution is 7.80. The van der Waals surface area contributed by atoms with E-state index in [0.717, 1.165) is 35.8 Å². The molecule has 1 fully saturated rings. The minimum Gasteiger partial charge on any atom is -0.454 e. The third-order valence-corrected chi connectivity index (χ3v) is 4.74. The van der Waals surface area contributed by atoms with Gasteiger partial charge < -0.3 is 25.0 Å². The molecular formula is C19H21N3O2S. The normalized spacial score (nSPS) is 15.3. The van der Waals surface area contributed by atoms with E-state index in [1.807, 2.05) is 24.3 Å². The molecule has 0 radical (unpaired) electrons. The molecule has 0 aliphatic carbocycles. The number of thiocarbonyl (C=S) groups is 1. The molecule has 5 nitrogen and oxygen atoms in total. The molecule has 25 heavy (non-hydrogen) atoms. The lowest BCUT2D eigenvalue weighted by Gasteiger charge is -2.22. The first-order valence-electron chi connectivity index (χ1n) is 8.57. The third-order valence-electron chi connectivity index (χ3n) is 4.49. The summed E-state index contributed by atoms with van der Waals surface area (Å²) in [5.74, 6) is 1.58. The molecule has 2 aromatic carbocycles. The predicted molar refractivity (Wildman–Crippen MR) is 104 cm³/mol. The van der Waals surface area contributed by atoms with Crippen molar-refractivity contribution in [2.75, 3.05) is 30.1 Å². The van der Waals surface area contributed by atoms with Gasteiger partial charge in [0.1, 0.15) is 0 Å². The Morgan fingerprint density at radius 3 is 2.72 bits per heavy atom. The highest BCUT2D eigenvalue weighted by Crippen LogP contribution is 2.32. The first-order chi connectivity index (χ1) is 12.3. The van der Waals surface area contributed by atoms with Gasteiger partial charge in [0.2, 0.25) is 6.79 Å². The monoisotopic (exact) mass is 355 g/mol. The zero-order valence-corrected chi connectivity index (χ0v) is 14.8. The van der Waals surface area contributed by atoms with Crippen LogP contribution in [-0.2, 0) is 6.54 Å². The van der Waals surface area contributed by atoms with Crippen molar-refractivity contribution in [3.8, 4) is 11.5 Å². The Morgan fingerprint density at radius 2 is 1.84 bits per heavy atom. The average molecular weight is 355 g/mol. The molecule has 2 aliphatic heterocycles. The van der Waals surface area contributed by atoms with E-state index in [9.17, 15) is 0 Å². The quantitative estimate of drug-likeness (QED) is 0.819. The molecule has 2 aliphatic rings. The molecule has 0 spiro atoms. The van der Waals surface area contributed by atoms with Crippen LogP contribution in [0.2, 0.25) is 0 Å². The summed E-state index contributed by atoms with van der Waals surface area (Å²) >= 11 is 5.47. The lowest BCUT2D eigenvalue weighted by molar-refractivity contribution is 0.174. The van der Waals surface area contributed by atoms with E-state index in [1.165, 1.54) is 18.5 Å². The predicted octanol–water partition coefficient (Wildman–Crippen LogP) is 3.50. The minimum atomic E-state index is 0.291. The van der Waals surface area contributed by atoms with Crippen LogP contribution in [0.3, 0.4) is 0 Å². The first kappa shape index (κ1) is 16.0. The molecule has 0 aromatic heterocycles. The van der Waals surface area contributed by atoms with Gasteiger partial charge in [0.15, 0.2) is 16.6 Å². The number of nitrogens with zero attached hydrogens (tertiary/aromatic N) is 1. The summed E-state index contributed by atoms with van der Waals surface area (Å²) in [4.78, 5) is 2.41. The molecule has 1 saturated heterocycles. The Bertz CT molecular complexity index is 775. The Balaban J connectivity index is 1.38. The van der Waals surface area contributed by atoms with Crippen molar-refractivity contribution in [2.24, 2.45) is 0 Å². The van der Waals surface area contributed by atoms with E-state index >= 15 is 0 Å². The summed E-state index contributed by atoms with van der Waals surface area (Å²) in [5, 5.41) is 7.21. The van der Waals surface area contributed by atoms with Gasteiger partial charge >= 0.3 is 0 Å². The summed E-state index contributed by atoms with van der Waals surface area (Å²) in [5.41, 5.74) is 3.36. The maximum atomic E-state index is 5.47. The van der Waals surface area contributed by atoms with Crippen LogP contribution in [0.1, 0.15) is 18.4 Å². The summed E-state index contributed by atoms with van der Waals surface area (Å²) in [6.45, 7) is 3.14. The Hall–Kier alpha value is -2.47. The fourth-order valence-corrected chi connectivity index (χ4v) is 3.40. The van der Waals surface area contributed by atoms with E-state index in [4.69, 9.17) is 21.7 Å². The standard InChI is InChI=1S/C19H21N3O2S/c25-19(20-12-14-7-8-17-18(11-14)24-13-23-17)21-15-5-1-2-6-16(15)22-9-3-4-10-22/h1-2,5-8,11H,3-4,9-10,12-13H2,(H2,20,21,25). The number of para-hydroxylation sites is 2.